The number of carboxylic acids is 1. The van der Waals surface area contributed by atoms with Crippen LogP contribution in [0.15, 0.2) is 48.5 Å². The van der Waals surface area contributed by atoms with Crippen molar-refractivity contribution in [2.75, 3.05) is 11.9 Å². The molecule has 0 aliphatic heterocycles. The molecule has 0 radical (unpaired) electrons. The monoisotopic (exact) mass is 309 g/mol. The Morgan fingerprint density at radius 1 is 1.05 bits per heavy atom. The van der Waals surface area contributed by atoms with Crippen LogP contribution in [0.5, 0.6) is 0 Å². The van der Waals surface area contributed by atoms with Crippen molar-refractivity contribution in [2.24, 2.45) is 0 Å². The van der Waals surface area contributed by atoms with Crippen molar-refractivity contribution >= 4 is 34.9 Å². The standard InChI is InChI=1S/C15H13Cl2NO2/c16-12-7-4-8-13(17)14(12)18-9-11(15(19)20)10-5-2-1-3-6-10/h1-8,11,18H,9H2,(H,19,20). The van der Waals surface area contributed by atoms with E-state index in [2.05, 4.69) is 5.32 Å². The van der Waals surface area contributed by atoms with E-state index in [-0.39, 0.29) is 6.54 Å². The molecular weight excluding hydrogens is 297 g/mol. The van der Waals surface area contributed by atoms with Crippen LogP contribution in [0.4, 0.5) is 5.69 Å². The normalized spacial score (nSPS) is 11.9. The molecule has 0 amide bonds. The van der Waals surface area contributed by atoms with Crippen LogP contribution in [-0.4, -0.2) is 17.6 Å². The summed E-state index contributed by atoms with van der Waals surface area (Å²) >= 11 is 12.1. The van der Waals surface area contributed by atoms with Crippen molar-refractivity contribution in [2.45, 2.75) is 5.92 Å². The van der Waals surface area contributed by atoms with Crippen molar-refractivity contribution in [3.63, 3.8) is 0 Å². The zero-order valence-corrected chi connectivity index (χ0v) is 12.0. The average molecular weight is 310 g/mol. The SMILES string of the molecule is O=C(O)C(CNc1c(Cl)cccc1Cl)c1ccccc1. The number of carboxylic acid groups (broad SMARTS) is 1. The van der Waals surface area contributed by atoms with Crippen LogP contribution in [0.2, 0.25) is 10.0 Å². The Balaban J connectivity index is 2.17. The molecule has 3 nitrogen and oxygen atoms in total. The summed E-state index contributed by atoms with van der Waals surface area (Å²) in [6.45, 7) is 0.211. The first-order valence-corrected chi connectivity index (χ1v) is 6.81. The molecule has 2 N–H and O–H groups in total. The predicted octanol–water partition coefficient (Wildman–Crippen LogP) is 4.27. The van der Waals surface area contributed by atoms with Crippen molar-refractivity contribution in [1.29, 1.82) is 0 Å². The second kappa shape index (κ2) is 6.64. The van der Waals surface area contributed by atoms with Gasteiger partial charge in [-0.25, -0.2) is 0 Å². The highest BCUT2D eigenvalue weighted by atomic mass is 35.5. The van der Waals surface area contributed by atoms with E-state index in [9.17, 15) is 9.90 Å². The first kappa shape index (κ1) is 14.7. The number of carbonyl (C=O) groups is 1. The maximum atomic E-state index is 11.4. The molecule has 0 aliphatic carbocycles. The molecule has 0 fully saturated rings. The van der Waals surface area contributed by atoms with E-state index in [0.717, 1.165) is 5.56 Å². The van der Waals surface area contributed by atoms with Crippen LogP contribution in [0.1, 0.15) is 11.5 Å². The second-order valence-corrected chi connectivity index (χ2v) is 5.09. The molecule has 0 bridgehead atoms. The molecule has 2 aromatic rings. The molecule has 2 aromatic carbocycles. The Morgan fingerprint density at radius 2 is 1.65 bits per heavy atom. The number of hydrogen-bond donors (Lipinski definition) is 2. The summed E-state index contributed by atoms with van der Waals surface area (Å²) in [6.07, 6.45) is 0. The lowest BCUT2D eigenvalue weighted by molar-refractivity contribution is -0.138. The van der Waals surface area contributed by atoms with Crippen LogP contribution >= 0.6 is 23.2 Å². The summed E-state index contributed by atoms with van der Waals surface area (Å²) in [6, 6.07) is 14.2. The largest absolute Gasteiger partial charge is 0.481 e. The van der Waals surface area contributed by atoms with Gasteiger partial charge in [0.25, 0.3) is 0 Å². The summed E-state index contributed by atoms with van der Waals surface area (Å²) in [5, 5.41) is 13.3. The van der Waals surface area contributed by atoms with Gasteiger partial charge in [0.05, 0.1) is 21.7 Å². The highest BCUT2D eigenvalue weighted by Gasteiger charge is 2.20. The number of hydrogen-bond acceptors (Lipinski definition) is 2. The van der Waals surface area contributed by atoms with Crippen LogP contribution in [-0.2, 0) is 4.79 Å². The Bertz CT molecular complexity index is 582. The van der Waals surface area contributed by atoms with Crippen molar-refractivity contribution in [3.8, 4) is 0 Å². The van der Waals surface area contributed by atoms with Gasteiger partial charge in [-0.05, 0) is 17.7 Å². The highest BCUT2D eigenvalue weighted by Crippen LogP contribution is 2.30. The van der Waals surface area contributed by atoms with Gasteiger partial charge < -0.3 is 10.4 Å². The minimum atomic E-state index is -0.896. The number of halogens is 2. The van der Waals surface area contributed by atoms with Gasteiger partial charge in [-0.3, -0.25) is 4.79 Å². The van der Waals surface area contributed by atoms with Gasteiger partial charge in [0.15, 0.2) is 0 Å². The quantitative estimate of drug-likeness (QED) is 0.867. The van der Waals surface area contributed by atoms with Crippen LogP contribution < -0.4 is 5.32 Å². The van der Waals surface area contributed by atoms with E-state index in [1.807, 2.05) is 18.2 Å². The smallest absolute Gasteiger partial charge is 0.312 e. The number of nitrogens with one attached hydrogen (secondary N) is 1. The summed E-state index contributed by atoms with van der Waals surface area (Å²) in [5.41, 5.74) is 1.29. The molecule has 0 aliphatic rings. The van der Waals surface area contributed by atoms with Gasteiger partial charge in [0.2, 0.25) is 0 Å². The first-order valence-electron chi connectivity index (χ1n) is 6.05. The summed E-state index contributed by atoms with van der Waals surface area (Å²) in [4.78, 5) is 11.4. The molecule has 0 saturated heterocycles. The lowest BCUT2D eigenvalue weighted by atomic mass is 9.99. The number of aliphatic carboxylic acids is 1. The van der Waals surface area contributed by atoms with Gasteiger partial charge in [-0.2, -0.15) is 0 Å². The molecular formula is C15H13Cl2NO2. The fourth-order valence-electron chi connectivity index (χ4n) is 1.90. The molecule has 0 aromatic heterocycles. The molecule has 104 valence electrons. The van der Waals surface area contributed by atoms with Crippen molar-refractivity contribution in [1.82, 2.24) is 0 Å². The molecule has 0 spiro atoms. The fraction of sp³-hybridized carbons (Fsp3) is 0.133. The molecule has 0 saturated carbocycles. The Kier molecular flexibility index (Phi) is 4.88. The third-order valence-electron chi connectivity index (χ3n) is 2.95. The van der Waals surface area contributed by atoms with Crippen LogP contribution in [0, 0.1) is 0 Å². The number of para-hydroxylation sites is 1. The van der Waals surface area contributed by atoms with Gasteiger partial charge >= 0.3 is 5.97 Å². The maximum Gasteiger partial charge on any atom is 0.312 e. The van der Waals surface area contributed by atoms with Gasteiger partial charge in [0, 0.05) is 6.54 Å². The molecule has 0 heterocycles. The summed E-state index contributed by atoms with van der Waals surface area (Å²) < 4.78 is 0. The van der Waals surface area contributed by atoms with E-state index in [1.165, 1.54) is 0 Å². The topological polar surface area (TPSA) is 49.3 Å². The minimum absolute atomic E-state index is 0.211. The predicted molar refractivity (Wildman–Crippen MR) is 81.8 cm³/mol. The number of anilines is 1. The molecule has 2 rings (SSSR count). The molecule has 1 unspecified atom stereocenters. The number of benzene rings is 2. The Labute approximate surface area is 127 Å². The average Bonchev–Trinajstić information content (AvgIpc) is 2.43. The second-order valence-electron chi connectivity index (χ2n) is 4.28. The van der Waals surface area contributed by atoms with Crippen LogP contribution in [0.3, 0.4) is 0 Å². The third-order valence-corrected chi connectivity index (χ3v) is 3.58. The van der Waals surface area contributed by atoms with Gasteiger partial charge in [-0.15, -0.1) is 0 Å². The summed E-state index contributed by atoms with van der Waals surface area (Å²) in [7, 11) is 0. The lowest BCUT2D eigenvalue weighted by Gasteiger charge is -2.16. The van der Waals surface area contributed by atoms with Crippen molar-refractivity contribution in [3.05, 3.63) is 64.1 Å². The first-order chi connectivity index (χ1) is 9.59. The van der Waals surface area contributed by atoms with Gasteiger partial charge in [0.1, 0.15) is 0 Å². The van der Waals surface area contributed by atoms with E-state index in [4.69, 9.17) is 23.2 Å². The molecule has 5 heteroatoms. The number of rotatable bonds is 5. The fourth-order valence-corrected chi connectivity index (χ4v) is 2.43. The molecule has 20 heavy (non-hydrogen) atoms. The zero-order chi connectivity index (χ0) is 14.5. The van der Waals surface area contributed by atoms with Gasteiger partial charge in [-0.1, -0.05) is 59.6 Å². The third kappa shape index (κ3) is 3.44. The Hall–Kier alpha value is -1.71. The van der Waals surface area contributed by atoms with E-state index in [1.54, 1.807) is 30.3 Å². The zero-order valence-electron chi connectivity index (χ0n) is 10.5. The lowest BCUT2D eigenvalue weighted by Crippen LogP contribution is -2.21. The highest BCUT2D eigenvalue weighted by molar-refractivity contribution is 6.39. The van der Waals surface area contributed by atoms with E-state index < -0.39 is 11.9 Å². The van der Waals surface area contributed by atoms with E-state index >= 15 is 0 Å². The minimum Gasteiger partial charge on any atom is -0.481 e. The maximum absolute atomic E-state index is 11.4. The van der Waals surface area contributed by atoms with Crippen LogP contribution in [0.25, 0.3) is 0 Å². The molecule has 1 atom stereocenters. The Morgan fingerprint density at radius 3 is 2.20 bits per heavy atom. The van der Waals surface area contributed by atoms with Crippen molar-refractivity contribution < 1.29 is 9.90 Å². The van der Waals surface area contributed by atoms with E-state index in [0.29, 0.717) is 15.7 Å². The summed E-state index contributed by atoms with van der Waals surface area (Å²) in [5.74, 6) is -1.56.